The van der Waals surface area contributed by atoms with E-state index in [0.29, 0.717) is 0 Å². The largest absolute Gasteiger partial charge is 0.370 e. The number of hydrogen-bond acceptors (Lipinski definition) is 5. The van der Waals surface area contributed by atoms with Crippen LogP contribution in [0.4, 0.5) is 0 Å². The summed E-state index contributed by atoms with van der Waals surface area (Å²) in [5, 5.41) is 0. The van der Waals surface area contributed by atoms with Gasteiger partial charge in [0.15, 0.2) is 25.6 Å². The monoisotopic (exact) mass is 319 g/mol. The molecule has 0 fully saturated rings. The molecule has 4 N–H and O–H groups in total. The molecule has 0 saturated heterocycles. The van der Waals surface area contributed by atoms with Gasteiger partial charge >= 0.3 is 0 Å². The van der Waals surface area contributed by atoms with E-state index in [0.717, 1.165) is 30.7 Å². The van der Waals surface area contributed by atoms with E-state index in [1.807, 2.05) is 0 Å². The molecule has 1 aromatic rings. The molecular formula is C10H13N3O5S2. The molecule has 20 heavy (non-hydrogen) atoms. The Morgan fingerprint density at radius 2 is 1.50 bits per heavy atom. The lowest BCUT2D eigenvalue weighted by molar-refractivity contribution is 0.100. The lowest BCUT2D eigenvalue weighted by atomic mass is 10.2. The average molecular weight is 319 g/mol. The summed E-state index contributed by atoms with van der Waals surface area (Å²) in [7, 11) is -7.60. The van der Waals surface area contributed by atoms with Gasteiger partial charge in [-0.05, 0) is 18.2 Å². The maximum absolute atomic E-state index is 11.6. The van der Waals surface area contributed by atoms with Crippen LogP contribution >= 0.6 is 0 Å². The number of nitrogens with two attached hydrogens (primary N) is 2. The number of carbonyl (C=O) groups excluding carboxylic acids is 1. The van der Waals surface area contributed by atoms with Gasteiger partial charge in [-0.1, -0.05) is 0 Å². The smallest absolute Gasteiger partial charge is 0.280 e. The van der Waals surface area contributed by atoms with Gasteiger partial charge < -0.3 is 11.5 Å². The molecule has 0 aliphatic carbocycles. The number of amides is 1. The van der Waals surface area contributed by atoms with Crippen LogP contribution < -0.4 is 11.5 Å². The van der Waals surface area contributed by atoms with E-state index < -0.39 is 36.4 Å². The van der Waals surface area contributed by atoms with Crippen molar-refractivity contribution in [2.24, 2.45) is 16.5 Å². The van der Waals surface area contributed by atoms with E-state index >= 15 is 0 Å². The zero-order chi connectivity index (χ0) is 15.7. The van der Waals surface area contributed by atoms with Gasteiger partial charge in [-0.2, -0.15) is 4.99 Å². The topological polar surface area (TPSA) is 150 Å². The molecule has 0 aliphatic heterocycles. The summed E-state index contributed by atoms with van der Waals surface area (Å²) in [5.74, 6) is -1.35. The van der Waals surface area contributed by atoms with Gasteiger partial charge in [0, 0.05) is 18.1 Å². The van der Waals surface area contributed by atoms with E-state index in [4.69, 9.17) is 11.5 Å². The quantitative estimate of drug-likeness (QED) is 0.530. The maximum Gasteiger partial charge on any atom is 0.280 e. The summed E-state index contributed by atoms with van der Waals surface area (Å²) in [6.07, 6.45) is 1.71. The summed E-state index contributed by atoms with van der Waals surface area (Å²) in [6, 6.07) is 3.10. The molecule has 1 rings (SSSR count). The predicted octanol–water partition coefficient (Wildman–Crippen LogP) is -1.09. The SMILES string of the molecule is CS(=O)(=O)c1ccc(C(=O)N=C(N)N)cc1S(C)(=O)=O. The highest BCUT2D eigenvalue weighted by atomic mass is 32.2. The average Bonchev–Trinajstić information content (AvgIpc) is 2.24. The van der Waals surface area contributed by atoms with Crippen LogP contribution in [0.15, 0.2) is 33.0 Å². The first-order valence-electron chi connectivity index (χ1n) is 5.11. The van der Waals surface area contributed by atoms with Crippen LogP contribution in [0.3, 0.4) is 0 Å². The molecule has 1 amide bonds. The third-order valence-electron chi connectivity index (χ3n) is 2.22. The number of carbonyl (C=O) groups is 1. The van der Waals surface area contributed by atoms with E-state index in [-0.39, 0.29) is 10.5 Å². The first-order valence-corrected chi connectivity index (χ1v) is 8.89. The second kappa shape index (κ2) is 5.21. The van der Waals surface area contributed by atoms with Crippen molar-refractivity contribution in [3.8, 4) is 0 Å². The van der Waals surface area contributed by atoms with Gasteiger partial charge in [0.1, 0.15) is 0 Å². The van der Waals surface area contributed by atoms with Crippen LogP contribution in [-0.2, 0) is 19.7 Å². The van der Waals surface area contributed by atoms with Gasteiger partial charge in [0.05, 0.1) is 9.79 Å². The van der Waals surface area contributed by atoms with Crippen molar-refractivity contribution >= 4 is 31.5 Å². The summed E-state index contributed by atoms with van der Waals surface area (Å²) in [6.45, 7) is 0. The van der Waals surface area contributed by atoms with Crippen molar-refractivity contribution in [3.05, 3.63) is 23.8 Å². The first-order chi connectivity index (χ1) is 8.93. The van der Waals surface area contributed by atoms with Gasteiger partial charge in [0.25, 0.3) is 5.91 Å². The van der Waals surface area contributed by atoms with Gasteiger partial charge in [0.2, 0.25) is 0 Å². The molecule has 0 bridgehead atoms. The number of rotatable bonds is 3. The Labute approximate surface area is 116 Å². The zero-order valence-corrected chi connectivity index (χ0v) is 12.3. The molecule has 0 spiro atoms. The Kier molecular flexibility index (Phi) is 4.20. The molecule has 0 aromatic heterocycles. The molecule has 0 atom stereocenters. The molecule has 0 unspecified atom stereocenters. The summed E-state index contributed by atoms with van der Waals surface area (Å²) >= 11 is 0. The first kappa shape index (κ1) is 16.1. The standard InChI is InChI=1S/C10H13N3O5S2/c1-19(15,16)7-4-3-6(9(14)13-10(11)12)5-8(7)20(2,17)18/h3-5H,1-2H3,(H4,11,12,13,14). The van der Waals surface area contributed by atoms with Crippen molar-refractivity contribution < 1.29 is 21.6 Å². The number of nitrogens with zero attached hydrogens (tertiary/aromatic N) is 1. The predicted molar refractivity (Wildman–Crippen MR) is 72.8 cm³/mol. The summed E-state index contributed by atoms with van der Waals surface area (Å²) in [4.78, 5) is 14.0. The minimum Gasteiger partial charge on any atom is -0.370 e. The minimum absolute atomic E-state index is 0.133. The van der Waals surface area contributed by atoms with Crippen molar-refractivity contribution in [3.63, 3.8) is 0 Å². The lowest BCUT2D eigenvalue weighted by Crippen LogP contribution is -2.24. The van der Waals surface area contributed by atoms with Crippen LogP contribution in [0.2, 0.25) is 0 Å². The third-order valence-corrected chi connectivity index (χ3v) is 4.64. The molecule has 0 heterocycles. The van der Waals surface area contributed by atoms with Crippen molar-refractivity contribution in [1.29, 1.82) is 0 Å². The van der Waals surface area contributed by atoms with Crippen LogP contribution in [0.1, 0.15) is 10.4 Å². The Balaban J connectivity index is 3.61. The van der Waals surface area contributed by atoms with E-state index in [9.17, 15) is 21.6 Å². The second-order valence-corrected chi connectivity index (χ2v) is 8.02. The molecule has 8 nitrogen and oxygen atoms in total. The fourth-order valence-electron chi connectivity index (χ4n) is 1.42. The molecule has 110 valence electrons. The summed E-state index contributed by atoms with van der Waals surface area (Å²) < 4.78 is 46.4. The van der Waals surface area contributed by atoms with Crippen molar-refractivity contribution in [2.75, 3.05) is 12.5 Å². The Morgan fingerprint density at radius 3 is 1.90 bits per heavy atom. The minimum atomic E-state index is -3.84. The fourth-order valence-corrected chi connectivity index (χ4v) is 3.84. The molecule has 1 aromatic carbocycles. The highest BCUT2D eigenvalue weighted by Gasteiger charge is 2.22. The number of guanidine groups is 1. The zero-order valence-electron chi connectivity index (χ0n) is 10.7. The molecule has 10 heteroatoms. The van der Waals surface area contributed by atoms with Crippen LogP contribution in [0.5, 0.6) is 0 Å². The normalized spacial score (nSPS) is 11.9. The number of aliphatic imine (C=N–C) groups is 1. The van der Waals surface area contributed by atoms with Crippen LogP contribution in [0, 0.1) is 0 Å². The van der Waals surface area contributed by atoms with Crippen LogP contribution in [0.25, 0.3) is 0 Å². The number of hydrogen-bond donors (Lipinski definition) is 2. The number of benzene rings is 1. The highest BCUT2D eigenvalue weighted by Crippen LogP contribution is 2.22. The van der Waals surface area contributed by atoms with E-state index in [2.05, 4.69) is 4.99 Å². The molecular weight excluding hydrogens is 306 g/mol. The Morgan fingerprint density at radius 1 is 1.00 bits per heavy atom. The van der Waals surface area contributed by atoms with Gasteiger partial charge in [-0.3, -0.25) is 4.79 Å². The van der Waals surface area contributed by atoms with Crippen molar-refractivity contribution in [2.45, 2.75) is 9.79 Å². The molecule has 0 aliphatic rings. The lowest BCUT2D eigenvalue weighted by Gasteiger charge is -2.07. The Hall–Kier alpha value is -1.94. The van der Waals surface area contributed by atoms with E-state index in [1.165, 1.54) is 0 Å². The van der Waals surface area contributed by atoms with E-state index in [1.54, 1.807) is 0 Å². The fraction of sp³-hybridized carbons (Fsp3) is 0.200. The summed E-state index contributed by atoms with van der Waals surface area (Å²) in [5.41, 5.74) is 9.96. The molecule has 0 saturated carbocycles. The maximum atomic E-state index is 11.6. The Bertz CT molecular complexity index is 790. The van der Waals surface area contributed by atoms with Crippen LogP contribution in [-0.4, -0.2) is 41.2 Å². The van der Waals surface area contributed by atoms with Gasteiger partial charge in [-0.25, -0.2) is 16.8 Å². The molecule has 0 radical (unpaired) electrons. The third kappa shape index (κ3) is 3.78. The highest BCUT2D eigenvalue weighted by molar-refractivity contribution is 7.93. The number of sulfone groups is 2. The second-order valence-electron chi connectivity index (χ2n) is 4.05. The van der Waals surface area contributed by atoms with Gasteiger partial charge in [-0.15, -0.1) is 0 Å². The van der Waals surface area contributed by atoms with Crippen molar-refractivity contribution in [1.82, 2.24) is 0 Å².